The molecule has 7 aliphatic rings. The molecule has 0 saturated carbocycles. The zero-order chi connectivity index (χ0) is 100. The fourth-order valence-electron chi connectivity index (χ4n) is 15.7. The van der Waals surface area contributed by atoms with Gasteiger partial charge in [-0.25, -0.2) is 17.1 Å². The molecule has 0 bridgehead atoms. The maximum Gasteiger partial charge on any atom is 0.416 e. The van der Waals surface area contributed by atoms with Crippen molar-refractivity contribution in [3.8, 4) is 0 Å². The van der Waals surface area contributed by atoms with Gasteiger partial charge in [-0.2, -0.15) is 26.3 Å². The number of carbonyl (C=O) groups is 7. The van der Waals surface area contributed by atoms with E-state index in [0.717, 1.165) is 44.1 Å². The molecule has 0 spiro atoms. The molecule has 7 fully saturated rings. The average Bonchev–Trinajstić information content (AvgIpc) is 1.62. The van der Waals surface area contributed by atoms with Crippen LogP contribution in [0.4, 0.5) is 30.7 Å². The molecule has 7 amide bonds. The van der Waals surface area contributed by atoms with E-state index in [4.69, 9.17) is 4.42 Å². The van der Waals surface area contributed by atoms with Crippen LogP contribution in [0.25, 0.3) is 0 Å². The molecule has 26 nitrogen and oxygen atoms in total. The third kappa shape index (κ3) is 28.6. The molecule has 0 aliphatic carbocycles. The molecule has 740 valence electrons. The van der Waals surface area contributed by atoms with Crippen molar-refractivity contribution < 1.29 is 87.3 Å². The van der Waals surface area contributed by atoms with Crippen molar-refractivity contribution in [1.82, 2.24) is 45.7 Å². The molecule has 8 N–H and O–H groups in total. The first-order chi connectivity index (χ1) is 63.4. The largest absolute Gasteiger partial charge is 0.472 e. The first-order valence-corrected chi connectivity index (χ1v) is 52.7. The van der Waals surface area contributed by atoms with Crippen LogP contribution in [0.5, 0.6) is 0 Å². The molecule has 7 saturated heterocycles. The van der Waals surface area contributed by atoms with E-state index in [-0.39, 0.29) is 88.3 Å². The lowest BCUT2D eigenvalue weighted by Crippen LogP contribution is -2.50. The Bertz CT molecular complexity index is 5640. The first kappa shape index (κ1) is 110. The lowest BCUT2D eigenvalue weighted by atomic mass is 9.87. The highest BCUT2D eigenvalue weighted by atomic mass is 79.9. The summed E-state index contributed by atoms with van der Waals surface area (Å²) in [7, 11) is -3.22. The molecule has 11 heterocycles. The highest BCUT2D eigenvalue weighted by molar-refractivity contribution is 9.11. The first-order valence-electron chi connectivity index (χ1n) is 44.3. The van der Waals surface area contributed by atoms with Crippen LogP contribution in [0, 0.1) is 23.6 Å². The number of nitrogens with zero attached hydrogens (tertiary/aromatic N) is 8. The van der Waals surface area contributed by atoms with Gasteiger partial charge in [-0.3, -0.25) is 58.5 Å². The molecule has 5 unspecified atom stereocenters. The Labute approximate surface area is 827 Å². The van der Waals surface area contributed by atoms with Crippen molar-refractivity contribution >= 4 is 175 Å². The number of amides is 7. The summed E-state index contributed by atoms with van der Waals surface area (Å²) in [6, 6.07) is 28.4. The van der Waals surface area contributed by atoms with Gasteiger partial charge in [-0.15, -0.1) is 22.7 Å². The zero-order valence-electron chi connectivity index (χ0n) is 78.6. The maximum atomic E-state index is 13.4. The number of hydrogen-bond donors (Lipinski definition) is 8. The highest BCUT2D eigenvalue weighted by Crippen LogP contribution is 2.48. The van der Waals surface area contributed by atoms with Gasteiger partial charge < -0.3 is 56.0 Å². The molecular weight excluding hydrogens is 1990 g/mol. The van der Waals surface area contributed by atoms with Gasteiger partial charge >= 0.3 is 12.4 Å². The molecule has 42 heteroatoms. The molecule has 3 aromatic carbocycles. The number of thioether (sulfide) groups is 5. The summed E-state index contributed by atoms with van der Waals surface area (Å²) in [5.41, 5.74) is -1.57. The number of hydrogen-bond acceptors (Lipinski definition) is 24. The summed E-state index contributed by atoms with van der Waals surface area (Å²) < 4.78 is 120. The number of halogens is 8. The van der Waals surface area contributed by atoms with Crippen LogP contribution in [0.3, 0.4) is 0 Å². The van der Waals surface area contributed by atoms with Gasteiger partial charge in [0.15, 0.2) is 25.8 Å². The molecule has 7 aliphatic heterocycles. The van der Waals surface area contributed by atoms with E-state index in [1.54, 1.807) is 126 Å². The van der Waals surface area contributed by atoms with Crippen molar-refractivity contribution in [2.24, 2.45) is 42.7 Å². The summed E-state index contributed by atoms with van der Waals surface area (Å²) in [6.45, 7) is 32.1. The Kier molecular flexibility index (Phi) is 36.8. The number of nitrogens with one attached hydrogen (secondary N) is 6. The Morgan fingerprint density at radius 2 is 0.993 bits per heavy atom. The Morgan fingerprint density at radius 3 is 1.40 bits per heavy atom. The van der Waals surface area contributed by atoms with Crippen LogP contribution < -0.4 is 26.6 Å². The molecule has 4 aromatic heterocycles. The minimum atomic E-state index is -4.48. The Morgan fingerprint density at radius 1 is 0.551 bits per heavy atom. The molecule has 10 atom stereocenters. The fourth-order valence-corrected chi connectivity index (χ4v) is 24.7. The summed E-state index contributed by atoms with van der Waals surface area (Å²) in [5, 5.41) is 38.6. The number of aliphatic hydroxyl groups is 2. The van der Waals surface area contributed by atoms with Crippen LogP contribution in [0.1, 0.15) is 251 Å². The number of sulfonamides is 1. The summed E-state index contributed by atoms with van der Waals surface area (Å²) >= 11 is 13.2. The van der Waals surface area contributed by atoms with Gasteiger partial charge in [0, 0.05) is 55.2 Å². The molecule has 136 heavy (non-hydrogen) atoms. The van der Waals surface area contributed by atoms with Gasteiger partial charge in [0.1, 0.15) is 27.3 Å². The van der Waals surface area contributed by atoms with Crippen molar-refractivity contribution in [3.63, 3.8) is 0 Å². The van der Waals surface area contributed by atoms with E-state index >= 15 is 0 Å². The molecule has 14 rings (SSSR count). The predicted molar refractivity (Wildman–Crippen MR) is 535 cm³/mol. The lowest BCUT2D eigenvalue weighted by molar-refractivity contribution is -0.139. The van der Waals surface area contributed by atoms with E-state index in [1.807, 2.05) is 75.2 Å². The van der Waals surface area contributed by atoms with Gasteiger partial charge in [0.05, 0.1) is 88.6 Å². The van der Waals surface area contributed by atoms with Crippen molar-refractivity contribution in [3.05, 3.63) is 198 Å². The number of alkyl halides is 6. The quantitative estimate of drug-likeness (QED) is 0.0246. The smallest absolute Gasteiger partial charge is 0.416 e. The van der Waals surface area contributed by atoms with Crippen LogP contribution in [0.15, 0.2) is 173 Å². The SMILES string of the molecule is CC(C)CN(CCCC1(C)SC(=N[C@@H](C)c2ccc(F)cc2)NC1=O)C(=O)c1ccc[nH]1.C[C@H](N=C1NC(=O)C(C)(C(C)(C)O)S1)c1ccc(Br)s1.C[C@H](N=C1NC(=O)C(C)(C(C)(C)O)S1)c1cccs1.C[C@H](N=C1NC(=O)C(C)(CC2CCN(C(=O)c3ccoc3)CC2)S1)c1ccccc1C(F)(F)F.C[C@H](N=C1NC(=O)C(C)(CC2CCN(S(C)(=O)=O)CC2)S1)c1ccccc1C(F)(F)F. The number of aromatic amines is 1. The fraction of sp³-hybridized carbons (Fsp3) is 0.511. The van der Waals surface area contributed by atoms with E-state index < -0.39 is 80.5 Å². The van der Waals surface area contributed by atoms with Gasteiger partial charge in [-0.1, -0.05) is 127 Å². The minimum Gasteiger partial charge on any atom is -0.472 e. The molecule has 7 aromatic rings. The lowest BCUT2D eigenvalue weighted by Gasteiger charge is -2.34. The van der Waals surface area contributed by atoms with E-state index in [1.165, 1.54) is 124 Å². The second-order valence-electron chi connectivity index (χ2n) is 36.7. The maximum absolute atomic E-state index is 13.4. The topological polar surface area (TPSA) is 355 Å². The molecular formula is C94H118BrF7N14O12S8. The molecule has 0 radical (unpaired) electrons. The minimum absolute atomic E-state index is 0.00644. The van der Waals surface area contributed by atoms with Crippen LogP contribution in [-0.2, 0) is 46.3 Å². The van der Waals surface area contributed by atoms with Crippen LogP contribution >= 0.6 is 97.4 Å². The second kappa shape index (κ2) is 45.6. The standard InChI is InChI=1S/C24H26F3N3O3S.C24H31FN4O2S.C20H26F3N3O3S2.C13H17BrN2O2S2.C13H18N2O2S2/c1-15(18-5-3-4-6-19(18)24(25,26)27)28-22-29-21(32)23(2,34-22)13-16-7-10-30(11-8-16)20(31)17-9-12-33-14-17;1-16(2)15-29(21(30)20-7-5-13-26-20)14-6-12-24(4)22(31)28-23(32-24)27-17(3)18-8-10-19(25)11-9-18;1-13(15-6-4-5-7-16(15)20(21,22)23)24-18-25-17(27)19(2,30-18)12-14-8-10-26(11-9-14)31(3,28)29;1-7(8-5-6-9(14)19-8)15-11-16-10(17)13(4,20-11)12(2,3)18;1-8(9-6-5-7-18-9)14-11-15-10(16)13(4,19-11)12(2,3)17/h3-6,9,12,14-16H,7-8,10-11,13H2,1-2H3,(H,28,29,32);5,7-11,13,16-17,26H,6,12,14-15H2,1-4H3,(H,27,28,31);4-7,13-14H,8-12H2,1-3H3,(H,24,25,27);5-7,18H,1-4H3,(H,15,16,17);5-8,17H,1-4H3,(H,14,15,16)/t15-,23?;17-,24?;13-,19?;7-,13?;8-,13?/m00000/s1. The van der Waals surface area contributed by atoms with Gasteiger partial charge in [0.25, 0.3) is 11.8 Å². The number of piperidine rings is 2. The van der Waals surface area contributed by atoms with E-state index in [9.17, 15) is 82.9 Å². The predicted octanol–water partition coefficient (Wildman–Crippen LogP) is 19.7. The number of aliphatic imine (C=N–C) groups is 5. The number of aromatic nitrogens is 1. The van der Waals surface area contributed by atoms with Gasteiger partial charge in [0.2, 0.25) is 39.6 Å². The van der Waals surface area contributed by atoms with Crippen molar-refractivity contribution in [2.75, 3.05) is 45.5 Å². The summed E-state index contributed by atoms with van der Waals surface area (Å²) in [4.78, 5) is 119. The number of likely N-dealkylation sites (tertiary alicyclic amines) is 1. The summed E-state index contributed by atoms with van der Waals surface area (Å²) in [6.07, 6.45) is 2.24. The van der Waals surface area contributed by atoms with Crippen molar-refractivity contribution in [1.29, 1.82) is 0 Å². The van der Waals surface area contributed by atoms with E-state index in [0.29, 0.717) is 121 Å². The number of thiophene rings is 2. The number of rotatable bonds is 25. The van der Waals surface area contributed by atoms with Crippen LogP contribution in [-0.4, -0.2) is 185 Å². The average molecular weight is 2110 g/mol. The van der Waals surface area contributed by atoms with Crippen molar-refractivity contribution in [2.45, 2.75) is 240 Å². The Hall–Kier alpha value is -8.17. The normalized spacial score (nSPS) is 24.6. The zero-order valence-corrected chi connectivity index (χ0v) is 86.8. The number of amidine groups is 5. The third-order valence-electron chi connectivity index (χ3n) is 24.5. The highest BCUT2D eigenvalue weighted by Gasteiger charge is 2.55. The number of benzene rings is 3. The van der Waals surface area contributed by atoms with Gasteiger partial charge in [-0.05, 0) is 265 Å². The third-order valence-corrected chi connectivity index (χ3v) is 35.2. The number of carbonyl (C=O) groups excluding carboxylic acids is 7. The van der Waals surface area contributed by atoms with Crippen LogP contribution in [0.2, 0.25) is 0 Å². The number of furan rings is 1. The van der Waals surface area contributed by atoms with E-state index in [2.05, 4.69) is 86.3 Å². The number of H-pyrrole nitrogens is 1. The summed E-state index contributed by atoms with van der Waals surface area (Å²) in [5.74, 6) is -0.465. The Balaban J connectivity index is 0.000000179. The monoisotopic (exact) mass is 2100 g/mol. The second-order valence-corrected chi connectivity index (χ2v) is 49.4.